The number of rotatable bonds is 4. The van der Waals surface area contributed by atoms with Gasteiger partial charge in [-0.25, -0.2) is 18.2 Å². The van der Waals surface area contributed by atoms with Gasteiger partial charge in [0, 0.05) is 43.9 Å². The van der Waals surface area contributed by atoms with E-state index in [2.05, 4.69) is 14.9 Å². The maximum Gasteiger partial charge on any atom is 0.150 e. The van der Waals surface area contributed by atoms with Crippen LogP contribution >= 0.6 is 0 Å². The van der Waals surface area contributed by atoms with E-state index in [1.807, 2.05) is 44.2 Å². The number of H-pyrrole nitrogens is 1. The van der Waals surface area contributed by atoms with Gasteiger partial charge in [-0.3, -0.25) is 4.90 Å². The summed E-state index contributed by atoms with van der Waals surface area (Å²) in [6, 6.07) is 13.9. The van der Waals surface area contributed by atoms with E-state index < -0.39 is 34.9 Å². The quantitative estimate of drug-likeness (QED) is 0.411. The molecule has 3 atom stereocenters. The van der Waals surface area contributed by atoms with Gasteiger partial charge in [-0.2, -0.15) is 0 Å². The SMILES string of the molecule is C[C@@H]1CN(Cc2ccccc2)C[C@H](C)[C@@]1(O)c1c(F)cc(-c2ccnc3[nH]cc(F)c23)cc1F. The molecule has 7 heteroatoms. The Morgan fingerprint density at radius 1 is 1.00 bits per heavy atom. The fourth-order valence-corrected chi connectivity index (χ4v) is 5.45. The fraction of sp³-hybridized carbons (Fsp3) is 0.296. The number of benzene rings is 2. The highest BCUT2D eigenvalue weighted by Crippen LogP contribution is 2.45. The molecule has 0 saturated carbocycles. The lowest BCUT2D eigenvalue weighted by atomic mass is 9.70. The smallest absolute Gasteiger partial charge is 0.150 e. The number of pyridine rings is 1. The molecule has 4 aromatic rings. The lowest BCUT2D eigenvalue weighted by molar-refractivity contribution is -0.118. The van der Waals surface area contributed by atoms with E-state index in [-0.39, 0.29) is 16.5 Å². The van der Waals surface area contributed by atoms with Crippen LogP contribution in [0.4, 0.5) is 13.2 Å². The number of nitrogens with one attached hydrogen (secondary N) is 1. The first-order chi connectivity index (χ1) is 16.3. The molecule has 5 rings (SSSR count). The van der Waals surface area contributed by atoms with Gasteiger partial charge in [0.15, 0.2) is 5.82 Å². The lowest BCUT2D eigenvalue weighted by Gasteiger charge is -2.48. The van der Waals surface area contributed by atoms with Gasteiger partial charge in [-0.1, -0.05) is 44.2 Å². The third kappa shape index (κ3) is 3.69. The highest BCUT2D eigenvalue weighted by atomic mass is 19.1. The molecule has 1 aliphatic rings. The molecule has 34 heavy (non-hydrogen) atoms. The molecule has 0 aliphatic carbocycles. The molecular weight excluding hydrogens is 439 g/mol. The number of likely N-dealkylation sites (tertiary alicyclic amines) is 1. The Hall–Kier alpha value is -3.16. The monoisotopic (exact) mass is 465 g/mol. The summed E-state index contributed by atoms with van der Waals surface area (Å²) in [4.78, 5) is 8.98. The number of fused-ring (bicyclic) bond motifs is 1. The molecule has 0 amide bonds. The maximum atomic E-state index is 15.5. The average Bonchev–Trinajstić information content (AvgIpc) is 3.19. The van der Waals surface area contributed by atoms with Gasteiger partial charge < -0.3 is 10.1 Å². The van der Waals surface area contributed by atoms with Gasteiger partial charge in [0.2, 0.25) is 0 Å². The first kappa shape index (κ1) is 22.6. The summed E-state index contributed by atoms with van der Waals surface area (Å²) >= 11 is 0. The molecule has 176 valence electrons. The van der Waals surface area contributed by atoms with Crippen LogP contribution in [0.1, 0.15) is 25.0 Å². The van der Waals surface area contributed by atoms with Crippen molar-refractivity contribution < 1.29 is 18.3 Å². The zero-order valence-electron chi connectivity index (χ0n) is 19.0. The summed E-state index contributed by atoms with van der Waals surface area (Å²) in [5.74, 6) is -3.05. The van der Waals surface area contributed by atoms with Crippen LogP contribution in [-0.2, 0) is 12.1 Å². The Kier molecular flexibility index (Phi) is 5.70. The van der Waals surface area contributed by atoms with Crippen molar-refractivity contribution in [3.63, 3.8) is 0 Å². The second-order valence-electron chi connectivity index (χ2n) is 9.34. The van der Waals surface area contributed by atoms with Crippen molar-refractivity contribution in [2.24, 2.45) is 11.8 Å². The Morgan fingerprint density at radius 3 is 2.29 bits per heavy atom. The Balaban J connectivity index is 1.49. The summed E-state index contributed by atoms with van der Waals surface area (Å²) < 4.78 is 45.3. The predicted molar refractivity (Wildman–Crippen MR) is 125 cm³/mol. The number of aromatic amines is 1. The van der Waals surface area contributed by atoms with Crippen molar-refractivity contribution in [1.82, 2.24) is 14.9 Å². The molecule has 2 aromatic carbocycles. The van der Waals surface area contributed by atoms with Gasteiger partial charge in [-0.05, 0) is 34.9 Å². The minimum Gasteiger partial charge on any atom is -0.384 e. The predicted octanol–water partition coefficient (Wildman–Crippen LogP) is 5.62. The van der Waals surface area contributed by atoms with Gasteiger partial charge in [-0.15, -0.1) is 0 Å². The normalized spacial score (nSPS) is 23.5. The summed E-state index contributed by atoms with van der Waals surface area (Å²) in [5, 5.41) is 11.9. The Morgan fingerprint density at radius 2 is 1.65 bits per heavy atom. The van der Waals surface area contributed by atoms with Crippen molar-refractivity contribution in [2.75, 3.05) is 13.1 Å². The number of halogens is 3. The van der Waals surface area contributed by atoms with E-state index in [0.717, 1.165) is 11.8 Å². The van der Waals surface area contributed by atoms with Crippen LogP contribution in [-0.4, -0.2) is 33.1 Å². The highest BCUT2D eigenvalue weighted by Gasteiger charge is 2.48. The Bertz CT molecular complexity index is 1300. The van der Waals surface area contributed by atoms with Crippen LogP contribution in [0, 0.1) is 29.3 Å². The molecule has 0 bridgehead atoms. The number of aromatic nitrogens is 2. The van der Waals surface area contributed by atoms with Crippen molar-refractivity contribution >= 4 is 11.0 Å². The fourth-order valence-electron chi connectivity index (χ4n) is 5.45. The molecule has 0 unspecified atom stereocenters. The van der Waals surface area contributed by atoms with E-state index in [1.165, 1.54) is 24.4 Å². The third-order valence-electron chi connectivity index (χ3n) is 7.09. The van der Waals surface area contributed by atoms with Crippen molar-refractivity contribution in [1.29, 1.82) is 0 Å². The molecule has 1 aliphatic heterocycles. The first-order valence-electron chi connectivity index (χ1n) is 11.4. The van der Waals surface area contributed by atoms with E-state index in [1.54, 1.807) is 0 Å². The molecule has 4 nitrogen and oxygen atoms in total. The average molecular weight is 466 g/mol. The number of nitrogens with zero attached hydrogens (tertiary/aromatic N) is 2. The second kappa shape index (κ2) is 8.56. The molecule has 2 aromatic heterocycles. The van der Waals surface area contributed by atoms with E-state index in [9.17, 15) is 9.50 Å². The molecular formula is C27H26F3N3O. The summed E-state index contributed by atoms with van der Waals surface area (Å²) in [5.41, 5.74) is -0.0297. The van der Waals surface area contributed by atoms with Gasteiger partial charge in [0.25, 0.3) is 0 Å². The lowest BCUT2D eigenvalue weighted by Crippen LogP contribution is -2.54. The maximum absolute atomic E-state index is 15.5. The van der Waals surface area contributed by atoms with Crippen molar-refractivity contribution in [2.45, 2.75) is 26.0 Å². The van der Waals surface area contributed by atoms with Gasteiger partial charge in [0.05, 0.1) is 10.9 Å². The van der Waals surface area contributed by atoms with Crippen molar-refractivity contribution in [3.8, 4) is 11.1 Å². The minimum absolute atomic E-state index is 0.170. The number of hydrogen-bond donors (Lipinski definition) is 2. The molecule has 2 N–H and O–H groups in total. The third-order valence-corrected chi connectivity index (χ3v) is 7.09. The number of aliphatic hydroxyl groups is 1. The molecule has 1 saturated heterocycles. The number of hydrogen-bond acceptors (Lipinski definition) is 3. The summed E-state index contributed by atoms with van der Waals surface area (Å²) in [6.07, 6.45) is 2.62. The molecule has 1 fully saturated rings. The molecule has 3 heterocycles. The van der Waals surface area contributed by atoms with Crippen LogP contribution in [0.25, 0.3) is 22.2 Å². The van der Waals surface area contributed by atoms with Crippen LogP contribution in [0.3, 0.4) is 0 Å². The highest BCUT2D eigenvalue weighted by molar-refractivity contribution is 5.93. The first-order valence-corrected chi connectivity index (χ1v) is 11.4. The standard InChI is InChI=1S/C27H26F3N3O/c1-16-13-33(15-18-6-4-3-5-7-18)14-17(2)27(16,34)25-21(28)10-19(11-22(25)29)20-8-9-31-26-24(20)23(30)12-32-26/h3-12,16-17,34H,13-15H2,1-2H3,(H,31,32)/t16-,17+,27-. The summed E-state index contributed by atoms with van der Waals surface area (Å²) in [6.45, 7) is 5.34. The molecule has 0 spiro atoms. The zero-order valence-corrected chi connectivity index (χ0v) is 19.0. The number of piperidine rings is 1. The van der Waals surface area contributed by atoms with Crippen molar-refractivity contribution in [3.05, 3.63) is 89.5 Å². The largest absolute Gasteiger partial charge is 0.384 e. The van der Waals surface area contributed by atoms with E-state index in [0.29, 0.717) is 30.8 Å². The van der Waals surface area contributed by atoms with Crippen LogP contribution in [0.15, 0.2) is 60.9 Å². The topological polar surface area (TPSA) is 52.1 Å². The van der Waals surface area contributed by atoms with E-state index in [4.69, 9.17) is 0 Å². The van der Waals surface area contributed by atoms with E-state index >= 15 is 8.78 Å². The zero-order chi connectivity index (χ0) is 24.0. The van der Waals surface area contributed by atoms with Crippen LogP contribution < -0.4 is 0 Å². The van der Waals surface area contributed by atoms with Crippen LogP contribution in [0.2, 0.25) is 0 Å². The Labute approximate surface area is 196 Å². The summed E-state index contributed by atoms with van der Waals surface area (Å²) in [7, 11) is 0. The van der Waals surface area contributed by atoms with Gasteiger partial charge in [0.1, 0.15) is 22.9 Å². The second-order valence-corrected chi connectivity index (χ2v) is 9.34. The molecule has 0 radical (unpaired) electrons. The van der Waals surface area contributed by atoms with Crippen LogP contribution in [0.5, 0.6) is 0 Å². The van der Waals surface area contributed by atoms with Gasteiger partial charge >= 0.3 is 0 Å². The minimum atomic E-state index is -1.67.